The smallest absolute Gasteiger partial charge is 0.399 e. The summed E-state index contributed by atoms with van der Waals surface area (Å²) in [5.41, 5.74) is 4.33. The molecule has 148 valence electrons. The van der Waals surface area contributed by atoms with Crippen LogP contribution in [0.15, 0.2) is 48.5 Å². The summed E-state index contributed by atoms with van der Waals surface area (Å²) in [5, 5.41) is 0. The summed E-state index contributed by atoms with van der Waals surface area (Å²) < 4.78 is 12.3. The molecule has 2 aromatic carbocycles. The molecule has 2 saturated heterocycles. The fraction of sp³-hybridized carbons (Fsp3) is 0.500. The van der Waals surface area contributed by atoms with E-state index >= 15 is 0 Å². The van der Waals surface area contributed by atoms with Crippen molar-refractivity contribution in [1.82, 2.24) is 4.90 Å². The van der Waals surface area contributed by atoms with Gasteiger partial charge in [-0.15, -0.1) is 0 Å². The monoisotopic (exact) mass is 377 g/mol. The molecule has 4 rings (SSSR count). The summed E-state index contributed by atoms with van der Waals surface area (Å²) >= 11 is 0. The first-order valence-electron chi connectivity index (χ1n) is 10.6. The van der Waals surface area contributed by atoms with E-state index < -0.39 is 0 Å². The molecule has 1 atom stereocenters. The highest BCUT2D eigenvalue weighted by atomic mass is 16.7. The van der Waals surface area contributed by atoms with Gasteiger partial charge in [0.05, 0.1) is 11.2 Å². The molecule has 0 N–H and O–H groups in total. The molecule has 2 aliphatic heterocycles. The van der Waals surface area contributed by atoms with Crippen molar-refractivity contribution in [3.05, 3.63) is 54.1 Å². The van der Waals surface area contributed by atoms with Crippen LogP contribution < -0.4 is 5.46 Å². The van der Waals surface area contributed by atoms with Crippen molar-refractivity contribution < 1.29 is 9.31 Å². The second-order valence-electron chi connectivity index (χ2n) is 9.25. The van der Waals surface area contributed by atoms with Gasteiger partial charge in [0.15, 0.2) is 0 Å². The van der Waals surface area contributed by atoms with Crippen molar-refractivity contribution in [3.63, 3.8) is 0 Å². The first-order chi connectivity index (χ1) is 13.3. The van der Waals surface area contributed by atoms with Gasteiger partial charge in [0.2, 0.25) is 0 Å². The third-order valence-electron chi connectivity index (χ3n) is 6.85. The average molecular weight is 377 g/mol. The number of hydrogen-bond donors (Lipinski definition) is 0. The van der Waals surface area contributed by atoms with Crippen molar-refractivity contribution in [2.24, 2.45) is 0 Å². The zero-order valence-corrected chi connectivity index (χ0v) is 17.9. The van der Waals surface area contributed by atoms with Crippen molar-refractivity contribution in [3.8, 4) is 11.1 Å². The van der Waals surface area contributed by atoms with Gasteiger partial charge in [-0.25, -0.2) is 0 Å². The number of hydrogen-bond acceptors (Lipinski definition) is 3. The molecule has 0 bridgehead atoms. The highest BCUT2D eigenvalue weighted by Gasteiger charge is 2.51. The van der Waals surface area contributed by atoms with Crippen LogP contribution in [0.1, 0.15) is 59.1 Å². The molecular weight excluding hydrogens is 345 g/mol. The van der Waals surface area contributed by atoms with E-state index in [0.29, 0.717) is 6.04 Å². The first kappa shape index (κ1) is 19.7. The maximum absolute atomic E-state index is 6.16. The Hall–Kier alpha value is -1.62. The van der Waals surface area contributed by atoms with Crippen LogP contribution >= 0.6 is 0 Å². The molecule has 2 aliphatic rings. The Balaban J connectivity index is 1.47. The van der Waals surface area contributed by atoms with Crippen LogP contribution in [0, 0.1) is 0 Å². The van der Waals surface area contributed by atoms with Crippen LogP contribution in [-0.2, 0) is 9.31 Å². The molecule has 2 heterocycles. The van der Waals surface area contributed by atoms with Crippen LogP contribution in [-0.4, -0.2) is 36.3 Å². The molecule has 0 radical (unpaired) electrons. The third-order valence-corrected chi connectivity index (χ3v) is 6.85. The van der Waals surface area contributed by atoms with Crippen LogP contribution in [0.5, 0.6) is 0 Å². The fourth-order valence-corrected chi connectivity index (χ4v) is 4.11. The molecular formula is C24H32BNO2. The van der Waals surface area contributed by atoms with Crippen LogP contribution in [0.3, 0.4) is 0 Å². The quantitative estimate of drug-likeness (QED) is 0.714. The predicted molar refractivity (Wildman–Crippen MR) is 117 cm³/mol. The summed E-state index contributed by atoms with van der Waals surface area (Å²) in [4.78, 5) is 2.58. The van der Waals surface area contributed by atoms with E-state index in [0.717, 1.165) is 5.46 Å². The topological polar surface area (TPSA) is 21.7 Å². The van der Waals surface area contributed by atoms with Gasteiger partial charge >= 0.3 is 7.12 Å². The van der Waals surface area contributed by atoms with Gasteiger partial charge in [0, 0.05) is 6.04 Å². The van der Waals surface area contributed by atoms with Crippen molar-refractivity contribution in [2.45, 2.75) is 64.7 Å². The Morgan fingerprint density at radius 2 is 1.25 bits per heavy atom. The molecule has 1 unspecified atom stereocenters. The second kappa shape index (κ2) is 7.33. The Morgan fingerprint density at radius 3 is 1.75 bits per heavy atom. The van der Waals surface area contributed by atoms with E-state index in [4.69, 9.17) is 9.31 Å². The Labute approximate surface area is 170 Å². The maximum Gasteiger partial charge on any atom is 0.494 e. The normalized spacial score (nSPS) is 22.5. The Kier molecular flexibility index (Phi) is 5.15. The maximum atomic E-state index is 6.16. The van der Waals surface area contributed by atoms with Crippen molar-refractivity contribution >= 4 is 12.6 Å². The van der Waals surface area contributed by atoms with Crippen LogP contribution in [0.4, 0.5) is 0 Å². The molecule has 0 saturated carbocycles. The lowest BCUT2D eigenvalue weighted by molar-refractivity contribution is 0.00578. The highest BCUT2D eigenvalue weighted by Crippen LogP contribution is 2.36. The summed E-state index contributed by atoms with van der Waals surface area (Å²) in [5.74, 6) is 0. The minimum atomic E-state index is -0.307. The molecule has 0 spiro atoms. The van der Waals surface area contributed by atoms with Gasteiger partial charge in [0.1, 0.15) is 0 Å². The van der Waals surface area contributed by atoms with E-state index in [1.807, 2.05) is 0 Å². The van der Waals surface area contributed by atoms with E-state index in [1.54, 1.807) is 0 Å². The molecule has 2 fully saturated rings. The zero-order chi connectivity index (χ0) is 19.9. The Bertz CT molecular complexity index is 792. The lowest BCUT2D eigenvalue weighted by Crippen LogP contribution is -2.41. The van der Waals surface area contributed by atoms with E-state index in [9.17, 15) is 0 Å². The molecule has 0 aromatic heterocycles. The van der Waals surface area contributed by atoms with E-state index in [1.165, 1.54) is 42.6 Å². The van der Waals surface area contributed by atoms with Gasteiger partial charge < -0.3 is 9.31 Å². The fourth-order valence-electron chi connectivity index (χ4n) is 4.11. The summed E-state index contributed by atoms with van der Waals surface area (Å²) in [6.07, 6.45) is 2.66. The lowest BCUT2D eigenvalue weighted by atomic mass is 9.78. The molecule has 0 amide bonds. The van der Waals surface area contributed by atoms with Crippen molar-refractivity contribution in [2.75, 3.05) is 13.1 Å². The number of likely N-dealkylation sites (tertiary alicyclic amines) is 1. The van der Waals surface area contributed by atoms with Crippen LogP contribution in [0.25, 0.3) is 11.1 Å². The van der Waals surface area contributed by atoms with Crippen molar-refractivity contribution in [1.29, 1.82) is 0 Å². The Morgan fingerprint density at radius 1 is 0.786 bits per heavy atom. The standard InChI is InChI=1S/C24H32BNO2/c1-18(26-16-6-7-17-26)19-8-10-20(11-9-19)21-12-14-22(15-13-21)25-27-23(2,3)24(4,5)28-25/h8-15,18H,6-7,16-17H2,1-5H3. The zero-order valence-electron chi connectivity index (χ0n) is 17.9. The number of rotatable bonds is 4. The van der Waals surface area contributed by atoms with E-state index in [-0.39, 0.29) is 18.3 Å². The average Bonchev–Trinajstić information content (AvgIpc) is 3.28. The second-order valence-corrected chi connectivity index (χ2v) is 9.25. The minimum absolute atomic E-state index is 0.303. The van der Waals surface area contributed by atoms with Gasteiger partial charge in [-0.1, -0.05) is 48.5 Å². The SMILES string of the molecule is CC(c1ccc(-c2ccc(B3OC(C)(C)C(C)(C)O3)cc2)cc1)N1CCCC1. The first-order valence-corrected chi connectivity index (χ1v) is 10.6. The van der Waals surface area contributed by atoms with E-state index in [2.05, 4.69) is 88.0 Å². The summed E-state index contributed by atoms with van der Waals surface area (Å²) in [6.45, 7) is 13.1. The number of benzene rings is 2. The number of nitrogens with zero attached hydrogens (tertiary/aromatic N) is 1. The van der Waals surface area contributed by atoms with Gasteiger partial charge in [0.25, 0.3) is 0 Å². The minimum Gasteiger partial charge on any atom is -0.399 e. The predicted octanol–water partition coefficient (Wildman–Crippen LogP) is 4.81. The molecule has 4 heteroatoms. The molecule has 28 heavy (non-hydrogen) atoms. The summed E-state index contributed by atoms with van der Waals surface area (Å²) in [6, 6.07) is 18.1. The third kappa shape index (κ3) is 3.66. The molecule has 2 aromatic rings. The van der Waals surface area contributed by atoms with Gasteiger partial charge in [-0.3, -0.25) is 4.90 Å². The highest BCUT2D eigenvalue weighted by molar-refractivity contribution is 6.62. The molecule has 0 aliphatic carbocycles. The largest absolute Gasteiger partial charge is 0.494 e. The van der Waals surface area contributed by atoms with Gasteiger partial charge in [-0.2, -0.15) is 0 Å². The van der Waals surface area contributed by atoms with Crippen LogP contribution in [0.2, 0.25) is 0 Å². The lowest BCUT2D eigenvalue weighted by Gasteiger charge is -2.32. The molecule has 3 nitrogen and oxygen atoms in total. The van der Waals surface area contributed by atoms with Gasteiger partial charge in [-0.05, 0) is 82.7 Å². The summed E-state index contributed by atoms with van der Waals surface area (Å²) in [7, 11) is -0.303.